The third-order valence-corrected chi connectivity index (χ3v) is 6.37. The lowest BCUT2D eigenvalue weighted by molar-refractivity contribution is -0.129. The summed E-state index contributed by atoms with van der Waals surface area (Å²) in [5.41, 5.74) is 0.835. The zero-order valence-corrected chi connectivity index (χ0v) is 16.9. The van der Waals surface area contributed by atoms with Gasteiger partial charge in [0.2, 0.25) is 5.91 Å². The average molecular weight is 385 g/mol. The van der Waals surface area contributed by atoms with E-state index in [0.717, 1.165) is 11.5 Å². The highest BCUT2D eigenvalue weighted by molar-refractivity contribution is 7.86. The maximum Gasteiger partial charge on any atom is 0.281 e. The van der Waals surface area contributed by atoms with Gasteiger partial charge in [0, 0.05) is 73.1 Å². The normalized spacial score (nSPS) is 19.5. The van der Waals surface area contributed by atoms with Gasteiger partial charge in [0.1, 0.15) is 12.1 Å². The van der Waals surface area contributed by atoms with Crippen LogP contribution in [0.25, 0.3) is 0 Å². The maximum atomic E-state index is 12.6. The second kappa shape index (κ2) is 8.28. The quantitative estimate of drug-likeness (QED) is 0.691. The van der Waals surface area contributed by atoms with Crippen LogP contribution >= 0.6 is 0 Å². The van der Waals surface area contributed by atoms with Crippen molar-refractivity contribution in [3.8, 4) is 0 Å². The van der Waals surface area contributed by atoms with E-state index in [1.54, 1.807) is 4.90 Å². The second-order valence-electron chi connectivity index (χ2n) is 6.95. The number of aromatic nitrogens is 2. The molecule has 146 valence electrons. The minimum absolute atomic E-state index is 0.0407. The highest BCUT2D eigenvalue weighted by Crippen LogP contribution is 2.19. The van der Waals surface area contributed by atoms with E-state index in [2.05, 4.69) is 9.97 Å². The summed E-state index contributed by atoms with van der Waals surface area (Å²) < 4.78 is 27.8. The summed E-state index contributed by atoms with van der Waals surface area (Å²) in [5, 5.41) is 0. The van der Waals surface area contributed by atoms with Gasteiger partial charge in [0.15, 0.2) is 0 Å². The monoisotopic (exact) mass is 384 g/mol. The first-order chi connectivity index (χ1) is 12.1. The lowest BCUT2D eigenvalue weighted by atomic mass is 10.0. The first kappa shape index (κ1) is 20.5. The van der Waals surface area contributed by atoms with Gasteiger partial charge in [-0.1, -0.05) is 0 Å². The van der Waals surface area contributed by atoms with Crippen LogP contribution in [0.2, 0.25) is 0 Å². The first-order valence-electron chi connectivity index (χ1n) is 8.52. The van der Waals surface area contributed by atoms with Gasteiger partial charge in [0.05, 0.1) is 0 Å². The van der Waals surface area contributed by atoms with E-state index in [0.29, 0.717) is 32.6 Å². The van der Waals surface area contributed by atoms with Crippen molar-refractivity contribution >= 4 is 21.9 Å². The van der Waals surface area contributed by atoms with E-state index in [-0.39, 0.29) is 11.8 Å². The van der Waals surface area contributed by atoms with Crippen LogP contribution < -0.4 is 4.90 Å². The highest BCUT2D eigenvalue weighted by atomic mass is 32.2. The molecule has 1 aliphatic rings. The maximum absolute atomic E-state index is 12.6. The Balaban J connectivity index is 2.25. The summed E-state index contributed by atoms with van der Waals surface area (Å²) in [6.07, 6.45) is 2.09. The molecule has 0 aromatic carbocycles. The Morgan fingerprint density at radius 2 is 1.88 bits per heavy atom. The average Bonchev–Trinajstić information content (AvgIpc) is 2.78. The van der Waals surface area contributed by atoms with E-state index in [4.69, 9.17) is 0 Å². The fraction of sp³-hybridized carbons (Fsp3) is 0.688. The molecule has 2 rings (SSSR count). The minimum atomic E-state index is -3.53. The third kappa shape index (κ3) is 4.89. The Labute approximate surface area is 155 Å². The van der Waals surface area contributed by atoms with Gasteiger partial charge in [-0.25, -0.2) is 9.97 Å². The van der Waals surface area contributed by atoms with Gasteiger partial charge in [-0.05, 0) is 12.3 Å². The van der Waals surface area contributed by atoms with Crippen LogP contribution in [0.1, 0.15) is 12.6 Å². The van der Waals surface area contributed by atoms with E-state index in [9.17, 15) is 13.2 Å². The molecule has 1 amide bonds. The van der Waals surface area contributed by atoms with Gasteiger partial charge < -0.3 is 9.80 Å². The highest BCUT2D eigenvalue weighted by Gasteiger charge is 2.32. The number of hydrogen-bond acceptors (Lipinski definition) is 6. The molecule has 1 aromatic heterocycles. The standard InChI is InChI=1S/C16H28N6O3S/c1-13(23)21-6-7-22(26(24,25)20(4)5)11-14(10-21)8-15-9-16(19(2)3)18-12-17-15/h9,12,14H,6-8,10-11H2,1-5H3. The van der Waals surface area contributed by atoms with Gasteiger partial charge in [0.25, 0.3) is 10.2 Å². The summed E-state index contributed by atoms with van der Waals surface area (Å²) in [6.45, 7) is 3.07. The van der Waals surface area contributed by atoms with E-state index in [1.165, 1.54) is 36.0 Å². The molecule has 0 bridgehead atoms. The molecule has 1 aliphatic heterocycles. The number of anilines is 1. The molecule has 0 aliphatic carbocycles. The minimum Gasteiger partial charge on any atom is -0.363 e. The van der Waals surface area contributed by atoms with Crippen molar-refractivity contribution in [2.45, 2.75) is 13.3 Å². The molecular weight excluding hydrogens is 356 g/mol. The molecule has 0 saturated carbocycles. The Kier molecular flexibility index (Phi) is 6.53. The van der Waals surface area contributed by atoms with Crippen LogP contribution in [0.15, 0.2) is 12.4 Å². The zero-order valence-electron chi connectivity index (χ0n) is 16.1. The summed E-state index contributed by atoms with van der Waals surface area (Å²) in [5.74, 6) is 0.710. The fourth-order valence-corrected chi connectivity index (χ4v) is 4.14. The van der Waals surface area contributed by atoms with Crippen molar-refractivity contribution in [2.24, 2.45) is 5.92 Å². The number of carbonyl (C=O) groups is 1. The van der Waals surface area contributed by atoms with Crippen LogP contribution in [-0.2, 0) is 21.4 Å². The van der Waals surface area contributed by atoms with Crippen molar-refractivity contribution in [3.63, 3.8) is 0 Å². The van der Waals surface area contributed by atoms with Crippen LogP contribution in [0.5, 0.6) is 0 Å². The summed E-state index contributed by atoms with van der Waals surface area (Å²) in [4.78, 5) is 24.0. The Morgan fingerprint density at radius 1 is 1.19 bits per heavy atom. The molecule has 1 unspecified atom stereocenters. The van der Waals surface area contributed by atoms with E-state index in [1.807, 2.05) is 25.1 Å². The van der Waals surface area contributed by atoms with Gasteiger partial charge in [-0.15, -0.1) is 0 Å². The predicted octanol–water partition coefficient (Wildman–Crippen LogP) is -0.328. The summed E-state index contributed by atoms with van der Waals surface area (Å²) >= 11 is 0. The molecule has 1 saturated heterocycles. The largest absolute Gasteiger partial charge is 0.363 e. The molecular formula is C16H28N6O3S. The zero-order chi connectivity index (χ0) is 19.5. The summed E-state index contributed by atoms with van der Waals surface area (Å²) in [6, 6.07) is 1.90. The molecule has 26 heavy (non-hydrogen) atoms. The fourth-order valence-electron chi connectivity index (χ4n) is 2.97. The Morgan fingerprint density at radius 3 is 2.46 bits per heavy atom. The molecule has 9 nitrogen and oxygen atoms in total. The van der Waals surface area contributed by atoms with Gasteiger partial charge in [-0.3, -0.25) is 4.79 Å². The van der Waals surface area contributed by atoms with Crippen LogP contribution in [0.3, 0.4) is 0 Å². The number of amides is 1. The van der Waals surface area contributed by atoms with E-state index < -0.39 is 10.2 Å². The third-order valence-electron chi connectivity index (χ3n) is 4.46. The number of carbonyl (C=O) groups excluding carboxylic acids is 1. The van der Waals surface area contributed by atoms with Crippen LogP contribution in [0.4, 0.5) is 5.82 Å². The van der Waals surface area contributed by atoms with E-state index >= 15 is 0 Å². The number of rotatable bonds is 5. The smallest absolute Gasteiger partial charge is 0.281 e. The molecule has 2 heterocycles. The number of nitrogens with zero attached hydrogens (tertiary/aromatic N) is 6. The SMILES string of the molecule is CC(=O)N1CCN(S(=O)(=O)N(C)C)CC(Cc2cc(N(C)C)ncn2)C1. The molecule has 1 fully saturated rings. The molecule has 10 heteroatoms. The van der Waals surface area contributed by atoms with Crippen molar-refractivity contribution < 1.29 is 13.2 Å². The van der Waals surface area contributed by atoms with Crippen LogP contribution in [0, 0.1) is 5.92 Å². The molecule has 1 aromatic rings. The molecule has 0 N–H and O–H groups in total. The Hall–Kier alpha value is -1.78. The lowest BCUT2D eigenvalue weighted by Gasteiger charge is -2.26. The van der Waals surface area contributed by atoms with Gasteiger partial charge >= 0.3 is 0 Å². The molecule has 0 spiro atoms. The molecule has 1 atom stereocenters. The second-order valence-corrected chi connectivity index (χ2v) is 9.09. The summed E-state index contributed by atoms with van der Waals surface area (Å²) in [7, 11) is 3.31. The lowest BCUT2D eigenvalue weighted by Crippen LogP contribution is -2.43. The number of hydrogen-bond donors (Lipinski definition) is 0. The topological polar surface area (TPSA) is 90.0 Å². The van der Waals surface area contributed by atoms with Crippen LogP contribution in [-0.4, -0.2) is 92.2 Å². The van der Waals surface area contributed by atoms with Crippen molar-refractivity contribution in [1.29, 1.82) is 0 Å². The first-order valence-corrected chi connectivity index (χ1v) is 9.92. The van der Waals surface area contributed by atoms with Crippen molar-refractivity contribution in [2.75, 3.05) is 59.3 Å². The van der Waals surface area contributed by atoms with Gasteiger partial charge in [-0.2, -0.15) is 17.0 Å². The molecule has 0 radical (unpaired) electrons. The van der Waals surface area contributed by atoms with Crippen molar-refractivity contribution in [3.05, 3.63) is 18.1 Å². The Bertz CT molecular complexity index is 737. The predicted molar refractivity (Wildman–Crippen MR) is 100.0 cm³/mol. The van der Waals surface area contributed by atoms with Crippen molar-refractivity contribution in [1.82, 2.24) is 23.5 Å².